The Labute approximate surface area is 114 Å². The van der Waals surface area contributed by atoms with E-state index in [1.807, 2.05) is 12.2 Å². The van der Waals surface area contributed by atoms with E-state index in [0.29, 0.717) is 5.69 Å². The summed E-state index contributed by atoms with van der Waals surface area (Å²) in [5.74, 6) is -1.24. The lowest BCUT2D eigenvalue weighted by atomic mass is 10.3. The first-order valence-electron chi connectivity index (χ1n) is 5.55. The molecule has 1 rings (SSSR count). The SMILES string of the molecule is CNC(=O)NC(=O)[C@@H](C)OC(=O)Cc1csc(C)n1. The maximum absolute atomic E-state index is 11.6. The highest BCUT2D eigenvalue weighted by atomic mass is 32.1. The molecule has 0 aromatic carbocycles. The fraction of sp³-hybridized carbons (Fsp3) is 0.455. The summed E-state index contributed by atoms with van der Waals surface area (Å²) in [5, 5.41) is 6.86. The third-order valence-electron chi connectivity index (χ3n) is 2.13. The topological polar surface area (TPSA) is 97.4 Å². The van der Waals surface area contributed by atoms with E-state index in [1.165, 1.54) is 25.3 Å². The van der Waals surface area contributed by atoms with Crippen LogP contribution < -0.4 is 10.6 Å². The summed E-state index contributed by atoms with van der Waals surface area (Å²) in [5.41, 5.74) is 0.603. The molecular formula is C11H15N3O4S. The summed E-state index contributed by atoms with van der Waals surface area (Å²) in [6.45, 7) is 3.22. The first-order valence-corrected chi connectivity index (χ1v) is 6.43. The number of aryl methyl sites for hydroxylation is 1. The predicted molar refractivity (Wildman–Crippen MR) is 68.7 cm³/mol. The van der Waals surface area contributed by atoms with Crippen LogP contribution in [0.15, 0.2) is 5.38 Å². The number of hydrogen-bond donors (Lipinski definition) is 2. The standard InChI is InChI=1S/C11H15N3O4S/c1-6(10(16)14-11(17)12-3)18-9(15)4-8-5-19-7(2)13-8/h5-6H,4H2,1-3H3,(H2,12,14,16,17)/t6-/m1/s1. The van der Waals surface area contributed by atoms with E-state index in [1.54, 1.807) is 5.38 Å². The van der Waals surface area contributed by atoms with Crippen LogP contribution in [0.25, 0.3) is 0 Å². The molecule has 19 heavy (non-hydrogen) atoms. The number of nitrogens with one attached hydrogen (secondary N) is 2. The summed E-state index contributed by atoms with van der Waals surface area (Å²) in [4.78, 5) is 38.0. The van der Waals surface area contributed by atoms with Crippen LogP contribution in [0, 0.1) is 6.92 Å². The van der Waals surface area contributed by atoms with E-state index >= 15 is 0 Å². The maximum Gasteiger partial charge on any atom is 0.321 e. The van der Waals surface area contributed by atoms with Crippen molar-refractivity contribution in [2.24, 2.45) is 0 Å². The number of hydrogen-bond acceptors (Lipinski definition) is 6. The Hall–Kier alpha value is -1.96. The summed E-state index contributed by atoms with van der Waals surface area (Å²) >= 11 is 1.43. The summed E-state index contributed by atoms with van der Waals surface area (Å²) in [6, 6.07) is -0.650. The molecule has 0 aliphatic heterocycles. The van der Waals surface area contributed by atoms with Crippen LogP contribution in [0.5, 0.6) is 0 Å². The summed E-state index contributed by atoms with van der Waals surface area (Å²) < 4.78 is 4.90. The monoisotopic (exact) mass is 285 g/mol. The number of esters is 1. The molecule has 1 aromatic heterocycles. The van der Waals surface area contributed by atoms with E-state index in [0.717, 1.165) is 5.01 Å². The normalized spacial score (nSPS) is 11.5. The Bertz CT molecular complexity index is 486. The van der Waals surface area contributed by atoms with Crippen molar-refractivity contribution in [1.82, 2.24) is 15.6 Å². The van der Waals surface area contributed by atoms with Crippen molar-refractivity contribution in [3.63, 3.8) is 0 Å². The largest absolute Gasteiger partial charge is 0.452 e. The number of aromatic nitrogens is 1. The number of nitrogens with zero attached hydrogens (tertiary/aromatic N) is 1. The molecule has 2 N–H and O–H groups in total. The quantitative estimate of drug-likeness (QED) is 0.779. The second-order valence-corrected chi connectivity index (χ2v) is 4.80. The molecule has 1 atom stereocenters. The number of rotatable bonds is 4. The molecule has 0 fully saturated rings. The van der Waals surface area contributed by atoms with E-state index in [2.05, 4.69) is 10.3 Å². The van der Waals surface area contributed by atoms with Gasteiger partial charge in [0, 0.05) is 12.4 Å². The zero-order valence-electron chi connectivity index (χ0n) is 10.9. The number of amides is 3. The van der Waals surface area contributed by atoms with Gasteiger partial charge < -0.3 is 10.1 Å². The fourth-order valence-electron chi connectivity index (χ4n) is 1.21. The number of carbonyl (C=O) groups excluding carboxylic acids is 3. The Morgan fingerprint density at radius 1 is 1.47 bits per heavy atom. The minimum Gasteiger partial charge on any atom is -0.452 e. The maximum atomic E-state index is 11.6. The lowest BCUT2D eigenvalue weighted by Crippen LogP contribution is -2.43. The molecule has 8 heteroatoms. The molecule has 104 valence electrons. The number of ether oxygens (including phenoxy) is 1. The second-order valence-electron chi connectivity index (χ2n) is 3.74. The predicted octanol–water partition coefficient (Wildman–Crippen LogP) is 0.381. The van der Waals surface area contributed by atoms with Gasteiger partial charge in [0.25, 0.3) is 5.91 Å². The van der Waals surface area contributed by atoms with Crippen molar-refractivity contribution >= 4 is 29.2 Å². The van der Waals surface area contributed by atoms with Gasteiger partial charge in [-0.2, -0.15) is 0 Å². The number of thiazole rings is 1. The molecule has 1 aromatic rings. The summed E-state index contributed by atoms with van der Waals surface area (Å²) in [6.07, 6.45) is -1.04. The number of imide groups is 1. The van der Waals surface area contributed by atoms with Crippen molar-refractivity contribution < 1.29 is 19.1 Å². The minimum absolute atomic E-state index is 0.00192. The molecule has 0 saturated heterocycles. The molecular weight excluding hydrogens is 270 g/mol. The van der Waals surface area contributed by atoms with E-state index in [4.69, 9.17) is 4.74 Å². The van der Waals surface area contributed by atoms with Crippen LogP contribution in [0.2, 0.25) is 0 Å². The zero-order valence-corrected chi connectivity index (χ0v) is 11.7. The van der Waals surface area contributed by atoms with E-state index in [-0.39, 0.29) is 6.42 Å². The van der Waals surface area contributed by atoms with Crippen molar-refractivity contribution in [1.29, 1.82) is 0 Å². The fourth-order valence-corrected chi connectivity index (χ4v) is 1.82. The van der Waals surface area contributed by atoms with Crippen molar-refractivity contribution in [3.8, 4) is 0 Å². The molecule has 0 bridgehead atoms. The molecule has 0 radical (unpaired) electrons. The van der Waals surface area contributed by atoms with Gasteiger partial charge in [-0.05, 0) is 13.8 Å². The lowest BCUT2D eigenvalue weighted by molar-refractivity contribution is -0.153. The van der Waals surface area contributed by atoms with E-state index < -0.39 is 24.0 Å². The molecule has 0 spiro atoms. The van der Waals surface area contributed by atoms with Crippen LogP contribution in [0.4, 0.5) is 4.79 Å². The smallest absolute Gasteiger partial charge is 0.321 e. The van der Waals surface area contributed by atoms with Crippen molar-refractivity contribution in [2.45, 2.75) is 26.4 Å². The average Bonchev–Trinajstić information content (AvgIpc) is 2.74. The van der Waals surface area contributed by atoms with Gasteiger partial charge in [0.2, 0.25) is 0 Å². The zero-order chi connectivity index (χ0) is 14.4. The van der Waals surface area contributed by atoms with Crippen LogP contribution in [-0.4, -0.2) is 36.0 Å². The molecule has 0 saturated carbocycles. The molecule has 0 aliphatic carbocycles. The van der Waals surface area contributed by atoms with Gasteiger partial charge in [0.15, 0.2) is 6.10 Å². The Morgan fingerprint density at radius 2 is 2.16 bits per heavy atom. The van der Waals surface area contributed by atoms with Gasteiger partial charge in [-0.25, -0.2) is 9.78 Å². The average molecular weight is 285 g/mol. The highest BCUT2D eigenvalue weighted by molar-refractivity contribution is 7.09. The summed E-state index contributed by atoms with van der Waals surface area (Å²) in [7, 11) is 1.38. The van der Waals surface area contributed by atoms with Crippen LogP contribution in [0.3, 0.4) is 0 Å². The lowest BCUT2D eigenvalue weighted by Gasteiger charge is -2.12. The first-order chi connectivity index (χ1) is 8.92. The Balaban J connectivity index is 2.43. The highest BCUT2D eigenvalue weighted by Gasteiger charge is 2.20. The number of urea groups is 1. The van der Waals surface area contributed by atoms with Gasteiger partial charge in [0.1, 0.15) is 0 Å². The van der Waals surface area contributed by atoms with Gasteiger partial charge in [-0.3, -0.25) is 14.9 Å². The minimum atomic E-state index is -1.04. The van der Waals surface area contributed by atoms with Crippen LogP contribution in [0.1, 0.15) is 17.6 Å². The van der Waals surface area contributed by atoms with Crippen molar-refractivity contribution in [3.05, 3.63) is 16.1 Å². The Kier molecular flexibility index (Phi) is 5.43. The molecule has 3 amide bonds. The molecule has 7 nitrogen and oxygen atoms in total. The molecule has 0 aliphatic rings. The van der Waals surface area contributed by atoms with Crippen LogP contribution >= 0.6 is 11.3 Å². The van der Waals surface area contributed by atoms with Gasteiger partial charge in [-0.15, -0.1) is 11.3 Å². The molecule has 0 unspecified atom stereocenters. The van der Waals surface area contributed by atoms with Gasteiger partial charge in [0.05, 0.1) is 17.1 Å². The second kappa shape index (κ2) is 6.83. The molecule has 1 heterocycles. The number of carbonyl (C=O) groups is 3. The Morgan fingerprint density at radius 3 is 2.68 bits per heavy atom. The third kappa shape index (κ3) is 5.04. The van der Waals surface area contributed by atoms with Crippen molar-refractivity contribution in [2.75, 3.05) is 7.05 Å². The highest BCUT2D eigenvalue weighted by Crippen LogP contribution is 2.09. The van der Waals surface area contributed by atoms with Crippen LogP contribution in [-0.2, 0) is 20.7 Å². The first kappa shape index (κ1) is 15.1. The third-order valence-corrected chi connectivity index (χ3v) is 2.96. The van der Waals surface area contributed by atoms with Gasteiger partial charge >= 0.3 is 12.0 Å². The van der Waals surface area contributed by atoms with Gasteiger partial charge in [-0.1, -0.05) is 0 Å². The van der Waals surface area contributed by atoms with E-state index in [9.17, 15) is 14.4 Å².